The molecule has 17 heavy (non-hydrogen) atoms. The van der Waals surface area contributed by atoms with Gasteiger partial charge in [0.15, 0.2) is 0 Å². The number of rotatable bonds is 4. The highest BCUT2D eigenvalue weighted by Gasteiger charge is 2.08. The Hall–Kier alpha value is -1.52. The van der Waals surface area contributed by atoms with Gasteiger partial charge in [-0.25, -0.2) is 0 Å². The fourth-order valence-electron chi connectivity index (χ4n) is 1.46. The van der Waals surface area contributed by atoms with E-state index in [0.717, 1.165) is 4.88 Å². The number of nitrogens with two attached hydrogens (primary N) is 1. The van der Waals surface area contributed by atoms with Crippen LogP contribution < -0.4 is 10.5 Å². The highest BCUT2D eigenvalue weighted by atomic mass is 32.1. The summed E-state index contributed by atoms with van der Waals surface area (Å²) < 4.78 is 5.56. The Morgan fingerprint density at radius 2 is 1.94 bits per heavy atom. The van der Waals surface area contributed by atoms with Crippen LogP contribution >= 0.6 is 11.3 Å². The highest BCUT2D eigenvalue weighted by molar-refractivity contribution is 7.12. The summed E-state index contributed by atoms with van der Waals surface area (Å²) in [7, 11) is 0. The standard InChI is InChI=1S/C13H15NO2S/c1-9-2-7-13(17-9)12(14)8-16-11-5-3-10(15)4-6-11/h2-7,12,15H,8,14H2,1H3. The molecule has 0 spiro atoms. The Bertz CT molecular complexity index is 478. The second-order valence-corrected chi connectivity index (χ2v) is 5.18. The molecular formula is C13H15NO2S. The van der Waals surface area contributed by atoms with Crippen LogP contribution in [-0.2, 0) is 0 Å². The minimum Gasteiger partial charge on any atom is -0.508 e. The van der Waals surface area contributed by atoms with Gasteiger partial charge in [-0.05, 0) is 43.3 Å². The van der Waals surface area contributed by atoms with Crippen LogP contribution in [0.15, 0.2) is 36.4 Å². The van der Waals surface area contributed by atoms with Crippen LogP contribution in [0.1, 0.15) is 15.8 Å². The van der Waals surface area contributed by atoms with Crippen LogP contribution in [0.2, 0.25) is 0 Å². The van der Waals surface area contributed by atoms with Crippen LogP contribution in [0.4, 0.5) is 0 Å². The summed E-state index contributed by atoms with van der Waals surface area (Å²) in [6.07, 6.45) is 0. The van der Waals surface area contributed by atoms with Crippen molar-refractivity contribution in [3.63, 3.8) is 0 Å². The number of benzene rings is 1. The summed E-state index contributed by atoms with van der Waals surface area (Å²) in [5.41, 5.74) is 6.02. The van der Waals surface area contributed by atoms with Crippen molar-refractivity contribution in [3.05, 3.63) is 46.2 Å². The molecule has 0 aliphatic heterocycles. The lowest BCUT2D eigenvalue weighted by molar-refractivity contribution is 0.292. The third-order valence-electron chi connectivity index (χ3n) is 2.39. The molecule has 0 amide bonds. The van der Waals surface area contributed by atoms with Crippen LogP contribution in [-0.4, -0.2) is 11.7 Å². The van der Waals surface area contributed by atoms with Crippen molar-refractivity contribution in [1.29, 1.82) is 0 Å². The van der Waals surface area contributed by atoms with Gasteiger partial charge < -0.3 is 15.6 Å². The van der Waals surface area contributed by atoms with E-state index in [9.17, 15) is 0 Å². The largest absolute Gasteiger partial charge is 0.508 e. The van der Waals surface area contributed by atoms with Crippen molar-refractivity contribution in [2.75, 3.05) is 6.61 Å². The smallest absolute Gasteiger partial charge is 0.119 e. The first-order chi connectivity index (χ1) is 8.15. The van der Waals surface area contributed by atoms with E-state index in [4.69, 9.17) is 15.6 Å². The summed E-state index contributed by atoms with van der Waals surface area (Å²) in [4.78, 5) is 2.38. The zero-order chi connectivity index (χ0) is 12.3. The molecule has 3 nitrogen and oxygen atoms in total. The highest BCUT2D eigenvalue weighted by Crippen LogP contribution is 2.22. The van der Waals surface area contributed by atoms with Crippen LogP contribution in [0.25, 0.3) is 0 Å². The van der Waals surface area contributed by atoms with Crippen molar-refractivity contribution in [2.24, 2.45) is 5.73 Å². The van der Waals surface area contributed by atoms with Gasteiger partial charge in [-0.15, -0.1) is 11.3 Å². The molecule has 0 aliphatic rings. The molecule has 1 unspecified atom stereocenters. The SMILES string of the molecule is Cc1ccc(C(N)COc2ccc(O)cc2)s1. The number of aromatic hydroxyl groups is 1. The predicted octanol–water partition coefficient (Wildman–Crippen LogP) is 2.84. The Morgan fingerprint density at radius 1 is 1.24 bits per heavy atom. The zero-order valence-corrected chi connectivity index (χ0v) is 10.4. The summed E-state index contributed by atoms with van der Waals surface area (Å²) in [5, 5.41) is 9.14. The lowest BCUT2D eigenvalue weighted by Gasteiger charge is -2.11. The van der Waals surface area contributed by atoms with Gasteiger partial charge in [0, 0.05) is 9.75 Å². The molecule has 0 bridgehead atoms. The molecule has 0 fully saturated rings. The average Bonchev–Trinajstić information content (AvgIpc) is 2.75. The second-order valence-electron chi connectivity index (χ2n) is 3.86. The zero-order valence-electron chi connectivity index (χ0n) is 9.59. The van der Waals surface area contributed by atoms with E-state index < -0.39 is 0 Å². The lowest BCUT2D eigenvalue weighted by Crippen LogP contribution is -2.17. The lowest BCUT2D eigenvalue weighted by atomic mass is 10.2. The van der Waals surface area contributed by atoms with Crippen molar-refractivity contribution in [2.45, 2.75) is 13.0 Å². The average molecular weight is 249 g/mol. The van der Waals surface area contributed by atoms with Crippen molar-refractivity contribution < 1.29 is 9.84 Å². The molecule has 0 saturated heterocycles. The predicted molar refractivity (Wildman–Crippen MR) is 69.6 cm³/mol. The van der Waals surface area contributed by atoms with Gasteiger partial charge in [-0.1, -0.05) is 0 Å². The van der Waals surface area contributed by atoms with Crippen LogP contribution in [0, 0.1) is 6.92 Å². The number of phenols is 1. The van der Waals surface area contributed by atoms with Gasteiger partial charge in [-0.2, -0.15) is 0 Å². The molecule has 0 radical (unpaired) electrons. The fourth-order valence-corrected chi connectivity index (χ4v) is 2.33. The molecule has 1 atom stereocenters. The van der Waals surface area contributed by atoms with Crippen molar-refractivity contribution in [3.8, 4) is 11.5 Å². The number of aryl methyl sites for hydroxylation is 1. The normalized spacial score (nSPS) is 12.4. The van der Waals surface area contributed by atoms with E-state index in [1.165, 1.54) is 4.88 Å². The minimum atomic E-state index is -0.109. The Labute approximate surface area is 104 Å². The minimum absolute atomic E-state index is 0.109. The monoisotopic (exact) mass is 249 g/mol. The second kappa shape index (κ2) is 5.21. The Balaban J connectivity index is 1.92. The van der Waals surface area contributed by atoms with Gasteiger partial charge >= 0.3 is 0 Å². The molecule has 1 aromatic carbocycles. The van der Waals surface area contributed by atoms with Crippen molar-refractivity contribution in [1.82, 2.24) is 0 Å². The third-order valence-corrected chi connectivity index (χ3v) is 3.53. The number of phenolic OH excluding ortho intramolecular Hbond substituents is 1. The quantitative estimate of drug-likeness (QED) is 0.876. The van der Waals surface area contributed by atoms with E-state index in [0.29, 0.717) is 12.4 Å². The van der Waals surface area contributed by atoms with Gasteiger partial charge in [-0.3, -0.25) is 0 Å². The molecule has 0 saturated carbocycles. The van der Waals surface area contributed by atoms with E-state index in [2.05, 4.69) is 13.0 Å². The molecule has 3 N–H and O–H groups in total. The van der Waals surface area contributed by atoms with Gasteiger partial charge in [0.1, 0.15) is 18.1 Å². The van der Waals surface area contributed by atoms with Gasteiger partial charge in [0.25, 0.3) is 0 Å². The van der Waals surface area contributed by atoms with E-state index in [-0.39, 0.29) is 11.8 Å². The maximum Gasteiger partial charge on any atom is 0.119 e. The molecule has 1 aromatic heterocycles. The Kier molecular flexibility index (Phi) is 3.66. The maximum atomic E-state index is 9.14. The number of thiophene rings is 1. The van der Waals surface area contributed by atoms with Gasteiger partial charge in [0.2, 0.25) is 0 Å². The van der Waals surface area contributed by atoms with E-state index in [1.54, 1.807) is 35.6 Å². The molecule has 1 heterocycles. The molecule has 90 valence electrons. The summed E-state index contributed by atoms with van der Waals surface area (Å²) in [6, 6.07) is 10.6. The van der Waals surface area contributed by atoms with E-state index >= 15 is 0 Å². The summed E-state index contributed by atoms with van der Waals surface area (Å²) >= 11 is 1.69. The molecule has 2 aromatic rings. The number of hydrogen-bond acceptors (Lipinski definition) is 4. The maximum absolute atomic E-state index is 9.14. The topological polar surface area (TPSA) is 55.5 Å². The summed E-state index contributed by atoms with van der Waals surface area (Å²) in [6.45, 7) is 2.49. The molecule has 4 heteroatoms. The number of hydrogen-bond donors (Lipinski definition) is 2. The fraction of sp³-hybridized carbons (Fsp3) is 0.231. The molecule has 2 rings (SSSR count). The van der Waals surface area contributed by atoms with Crippen LogP contribution in [0.5, 0.6) is 11.5 Å². The molecule has 0 aliphatic carbocycles. The first-order valence-corrected chi connectivity index (χ1v) is 6.20. The number of ether oxygens (including phenoxy) is 1. The third kappa shape index (κ3) is 3.22. The summed E-state index contributed by atoms with van der Waals surface area (Å²) in [5.74, 6) is 0.946. The molecular weight excluding hydrogens is 234 g/mol. The van der Waals surface area contributed by atoms with Crippen molar-refractivity contribution >= 4 is 11.3 Å². The van der Waals surface area contributed by atoms with Crippen LogP contribution in [0.3, 0.4) is 0 Å². The van der Waals surface area contributed by atoms with E-state index in [1.807, 2.05) is 6.07 Å². The first-order valence-electron chi connectivity index (χ1n) is 5.39. The Morgan fingerprint density at radius 3 is 2.53 bits per heavy atom. The first kappa shape index (κ1) is 12.0. The van der Waals surface area contributed by atoms with Gasteiger partial charge in [0.05, 0.1) is 6.04 Å².